The van der Waals surface area contributed by atoms with Gasteiger partial charge in [-0.1, -0.05) is 35.9 Å². The van der Waals surface area contributed by atoms with Crippen LogP contribution in [0.1, 0.15) is 15.9 Å². The highest BCUT2D eigenvalue weighted by atomic mass is 35.5. The van der Waals surface area contributed by atoms with Crippen molar-refractivity contribution in [3.63, 3.8) is 0 Å². The molecule has 1 aromatic heterocycles. The summed E-state index contributed by atoms with van der Waals surface area (Å²) in [5, 5.41) is 0.784. The number of aryl methyl sites for hydroxylation is 1. The van der Waals surface area contributed by atoms with Crippen molar-refractivity contribution < 1.29 is 13.2 Å². The number of nitrogens with one attached hydrogen (secondary N) is 3. The Morgan fingerprint density at radius 1 is 1.17 bits per heavy atom. The van der Waals surface area contributed by atoms with Gasteiger partial charge in [0.1, 0.15) is 4.90 Å². The second kappa shape index (κ2) is 6.27. The summed E-state index contributed by atoms with van der Waals surface area (Å²) >= 11 is 5.97. The van der Waals surface area contributed by atoms with Crippen LogP contribution in [0.2, 0.25) is 5.02 Å². The molecule has 0 spiro atoms. The van der Waals surface area contributed by atoms with Crippen molar-refractivity contribution in [3.05, 3.63) is 64.8 Å². The molecule has 0 atom stereocenters. The number of fused-ring (bicyclic) bond motifs is 1. The van der Waals surface area contributed by atoms with Crippen LogP contribution in [-0.2, 0) is 10.0 Å². The van der Waals surface area contributed by atoms with Crippen molar-refractivity contribution in [2.75, 3.05) is 0 Å². The molecule has 0 fully saturated rings. The predicted octanol–water partition coefficient (Wildman–Crippen LogP) is 2.75. The number of sulfonamides is 1. The summed E-state index contributed by atoms with van der Waals surface area (Å²) in [5.74, 6) is -0.570. The van der Waals surface area contributed by atoms with E-state index < -0.39 is 15.9 Å². The largest absolute Gasteiger partial charge is 0.360 e. The molecule has 0 radical (unpaired) electrons. The Bertz CT molecular complexity index is 1030. The number of H-pyrrole nitrogens is 1. The van der Waals surface area contributed by atoms with Gasteiger partial charge >= 0.3 is 0 Å². The van der Waals surface area contributed by atoms with Gasteiger partial charge in [-0.25, -0.2) is 8.42 Å². The van der Waals surface area contributed by atoms with E-state index in [-0.39, 0.29) is 9.92 Å². The van der Waals surface area contributed by atoms with Crippen molar-refractivity contribution >= 4 is 38.4 Å². The Morgan fingerprint density at radius 3 is 2.67 bits per heavy atom. The number of aromatic nitrogens is 1. The maximum Gasteiger partial charge on any atom is 0.268 e. The fourth-order valence-electron chi connectivity index (χ4n) is 2.32. The summed E-state index contributed by atoms with van der Waals surface area (Å²) in [4.78, 5) is 17.2. The van der Waals surface area contributed by atoms with Gasteiger partial charge in [0.15, 0.2) is 0 Å². The first-order valence-electron chi connectivity index (χ1n) is 7.03. The van der Waals surface area contributed by atoms with E-state index in [2.05, 4.69) is 15.2 Å². The molecule has 1 heterocycles. The fourth-order valence-corrected chi connectivity index (χ4v) is 3.76. The number of hydrogen-bond donors (Lipinski definition) is 3. The average molecular weight is 364 g/mol. The number of para-hydroxylation sites is 1. The number of benzene rings is 2. The van der Waals surface area contributed by atoms with Crippen molar-refractivity contribution in [1.82, 2.24) is 15.2 Å². The van der Waals surface area contributed by atoms with E-state index in [0.29, 0.717) is 10.9 Å². The smallest absolute Gasteiger partial charge is 0.268 e. The molecule has 6 nitrogen and oxygen atoms in total. The van der Waals surface area contributed by atoms with Crippen LogP contribution in [-0.4, -0.2) is 19.3 Å². The third kappa shape index (κ3) is 3.14. The van der Waals surface area contributed by atoms with Crippen molar-refractivity contribution in [1.29, 1.82) is 0 Å². The Hall–Kier alpha value is -2.35. The van der Waals surface area contributed by atoms with E-state index >= 15 is 0 Å². The molecule has 8 heteroatoms. The van der Waals surface area contributed by atoms with E-state index in [4.69, 9.17) is 11.6 Å². The first kappa shape index (κ1) is 16.5. The molecule has 0 aliphatic carbocycles. The minimum Gasteiger partial charge on any atom is -0.360 e. The van der Waals surface area contributed by atoms with Gasteiger partial charge in [-0.3, -0.25) is 10.2 Å². The SMILES string of the molecule is Cc1ccc(S(=O)(=O)NNC(=O)c2c[nH]c3ccccc23)c(Cl)c1. The minimum absolute atomic E-state index is 0.0869. The summed E-state index contributed by atoms with van der Waals surface area (Å²) in [6, 6.07) is 11.8. The number of aromatic amines is 1. The lowest BCUT2D eigenvalue weighted by Crippen LogP contribution is -2.41. The standard InChI is InChI=1S/C16H14ClN3O3S/c1-10-6-7-15(13(17)8-10)24(22,23)20-19-16(21)12-9-18-14-5-3-2-4-11(12)14/h2-9,18,20H,1H3,(H,19,21). The first-order chi connectivity index (χ1) is 11.4. The molecule has 0 unspecified atom stereocenters. The van der Waals surface area contributed by atoms with Crippen LogP contribution in [0.4, 0.5) is 0 Å². The summed E-state index contributed by atoms with van der Waals surface area (Å²) in [6.07, 6.45) is 1.52. The van der Waals surface area contributed by atoms with Gasteiger partial charge in [0.2, 0.25) is 0 Å². The Morgan fingerprint density at radius 2 is 1.92 bits per heavy atom. The highest BCUT2D eigenvalue weighted by molar-refractivity contribution is 7.89. The monoisotopic (exact) mass is 363 g/mol. The molecule has 124 valence electrons. The van der Waals surface area contributed by atoms with E-state index in [1.165, 1.54) is 18.3 Å². The van der Waals surface area contributed by atoms with Gasteiger partial charge in [0, 0.05) is 17.1 Å². The molecule has 1 amide bonds. The fraction of sp³-hybridized carbons (Fsp3) is 0.0625. The van der Waals surface area contributed by atoms with Crippen molar-refractivity contribution in [2.45, 2.75) is 11.8 Å². The summed E-state index contributed by atoms with van der Waals surface area (Å²) < 4.78 is 24.6. The predicted molar refractivity (Wildman–Crippen MR) is 92.3 cm³/mol. The van der Waals surface area contributed by atoms with Crippen LogP contribution in [0, 0.1) is 6.92 Å². The number of carbonyl (C=O) groups excluding carboxylic acids is 1. The molecular weight excluding hydrogens is 350 g/mol. The normalized spacial score (nSPS) is 11.6. The summed E-state index contributed by atoms with van der Waals surface area (Å²) in [6.45, 7) is 1.80. The number of hydrazine groups is 1. The zero-order valence-corrected chi connectivity index (χ0v) is 14.2. The van der Waals surface area contributed by atoms with Crippen LogP contribution < -0.4 is 10.3 Å². The number of rotatable bonds is 4. The van der Waals surface area contributed by atoms with Gasteiger partial charge in [0.25, 0.3) is 15.9 Å². The molecule has 24 heavy (non-hydrogen) atoms. The van der Waals surface area contributed by atoms with Gasteiger partial charge in [-0.2, -0.15) is 0 Å². The molecule has 0 aliphatic rings. The highest BCUT2D eigenvalue weighted by Gasteiger charge is 2.20. The zero-order valence-electron chi connectivity index (χ0n) is 12.6. The van der Waals surface area contributed by atoms with Crippen LogP contribution in [0.25, 0.3) is 10.9 Å². The summed E-state index contributed by atoms with van der Waals surface area (Å²) in [5.41, 5.74) is 4.16. The van der Waals surface area contributed by atoms with Crippen molar-refractivity contribution in [3.8, 4) is 0 Å². The molecule has 2 aromatic carbocycles. The van der Waals surface area contributed by atoms with Crippen LogP contribution in [0.5, 0.6) is 0 Å². The molecule has 0 bridgehead atoms. The maximum absolute atomic E-state index is 12.3. The van der Waals surface area contributed by atoms with E-state index in [1.807, 2.05) is 12.1 Å². The molecule has 3 rings (SSSR count). The summed E-state index contributed by atoms with van der Waals surface area (Å²) in [7, 11) is -3.97. The third-order valence-electron chi connectivity index (χ3n) is 3.51. The van der Waals surface area contributed by atoms with Crippen LogP contribution >= 0.6 is 11.6 Å². The molecule has 0 saturated carbocycles. The topological polar surface area (TPSA) is 91.1 Å². The van der Waals surface area contributed by atoms with Gasteiger partial charge < -0.3 is 4.98 Å². The zero-order chi connectivity index (χ0) is 17.3. The van der Waals surface area contributed by atoms with E-state index in [0.717, 1.165) is 11.1 Å². The molecule has 0 saturated heterocycles. The molecule has 3 N–H and O–H groups in total. The van der Waals surface area contributed by atoms with E-state index in [1.54, 1.807) is 25.1 Å². The minimum atomic E-state index is -3.97. The third-order valence-corrected chi connectivity index (χ3v) is 5.24. The maximum atomic E-state index is 12.3. The molecule has 3 aromatic rings. The van der Waals surface area contributed by atoms with Crippen LogP contribution in [0.15, 0.2) is 53.6 Å². The van der Waals surface area contributed by atoms with Gasteiger partial charge in [0.05, 0.1) is 10.6 Å². The average Bonchev–Trinajstić information content (AvgIpc) is 2.96. The van der Waals surface area contributed by atoms with Gasteiger partial charge in [-0.05, 0) is 30.7 Å². The molecular formula is C16H14ClN3O3S. The number of amides is 1. The lowest BCUT2D eigenvalue weighted by molar-refractivity contribution is 0.0947. The second-order valence-corrected chi connectivity index (χ2v) is 7.30. The van der Waals surface area contributed by atoms with E-state index in [9.17, 15) is 13.2 Å². The highest BCUT2D eigenvalue weighted by Crippen LogP contribution is 2.22. The molecule has 0 aliphatic heterocycles. The second-order valence-electron chi connectivity index (χ2n) is 5.24. The number of carbonyl (C=O) groups is 1. The van der Waals surface area contributed by atoms with Gasteiger partial charge in [-0.15, -0.1) is 4.83 Å². The number of hydrogen-bond acceptors (Lipinski definition) is 3. The lowest BCUT2D eigenvalue weighted by atomic mass is 10.2. The number of halogens is 1. The Balaban J connectivity index is 1.80. The lowest BCUT2D eigenvalue weighted by Gasteiger charge is -2.10. The first-order valence-corrected chi connectivity index (χ1v) is 8.89. The quantitative estimate of drug-likeness (QED) is 0.622. The Kier molecular flexibility index (Phi) is 4.31. The van der Waals surface area contributed by atoms with Crippen LogP contribution in [0.3, 0.4) is 0 Å². The van der Waals surface area contributed by atoms with Crippen molar-refractivity contribution in [2.24, 2.45) is 0 Å². The Labute approximate surface area is 143 Å².